The van der Waals surface area contributed by atoms with Crippen molar-refractivity contribution in [3.8, 4) is 0 Å². The van der Waals surface area contributed by atoms with E-state index in [4.69, 9.17) is 5.73 Å². The first kappa shape index (κ1) is 14.3. The highest BCUT2D eigenvalue weighted by molar-refractivity contribution is 7.99. The molecule has 1 aliphatic carbocycles. The second-order valence-electron chi connectivity index (χ2n) is 5.08. The molecule has 1 heterocycles. The minimum atomic E-state index is -0.654. The molecule has 0 bridgehead atoms. The van der Waals surface area contributed by atoms with Crippen LogP contribution in [0.2, 0.25) is 0 Å². The summed E-state index contributed by atoms with van der Waals surface area (Å²) in [6, 6.07) is 2.26. The Kier molecular flexibility index (Phi) is 4.05. The predicted octanol–water partition coefficient (Wildman–Crippen LogP) is 3.76. The second-order valence-corrected chi connectivity index (χ2v) is 6.08. The number of hydrogen-bond donors (Lipinski definition) is 1. The third-order valence-corrected chi connectivity index (χ3v) is 4.69. The molecule has 21 heavy (non-hydrogen) atoms. The highest BCUT2D eigenvalue weighted by Crippen LogP contribution is 2.36. The number of halogens is 2. The van der Waals surface area contributed by atoms with Crippen molar-refractivity contribution in [1.29, 1.82) is 0 Å². The van der Waals surface area contributed by atoms with Gasteiger partial charge < -0.3 is 5.73 Å². The average Bonchev–Trinajstić information content (AvgIpc) is 2.68. The number of anilines is 1. The van der Waals surface area contributed by atoms with E-state index in [0.717, 1.165) is 67.3 Å². The summed E-state index contributed by atoms with van der Waals surface area (Å²) >= 11 is 1.02. The third kappa shape index (κ3) is 3.00. The molecule has 0 saturated heterocycles. The average molecular weight is 307 g/mol. The van der Waals surface area contributed by atoms with Crippen LogP contribution in [0, 0.1) is 11.6 Å². The van der Waals surface area contributed by atoms with Gasteiger partial charge in [-0.3, -0.25) is 0 Å². The van der Waals surface area contributed by atoms with Crippen molar-refractivity contribution in [2.75, 3.05) is 5.73 Å². The number of benzene rings is 1. The van der Waals surface area contributed by atoms with Crippen LogP contribution in [-0.4, -0.2) is 9.97 Å². The lowest BCUT2D eigenvalue weighted by molar-refractivity contribution is 0.541. The van der Waals surface area contributed by atoms with Crippen LogP contribution in [0.15, 0.2) is 28.4 Å². The lowest BCUT2D eigenvalue weighted by Gasteiger charge is -2.11. The summed E-state index contributed by atoms with van der Waals surface area (Å²) in [6.45, 7) is 0. The predicted molar refractivity (Wildman–Crippen MR) is 78.2 cm³/mol. The Hall–Kier alpha value is -1.69. The lowest BCUT2D eigenvalue weighted by atomic mass is 10.1. The van der Waals surface area contributed by atoms with Crippen molar-refractivity contribution in [3.63, 3.8) is 0 Å². The molecule has 110 valence electrons. The fraction of sp³-hybridized carbons (Fsp3) is 0.333. The van der Waals surface area contributed by atoms with Crippen molar-refractivity contribution in [2.24, 2.45) is 0 Å². The van der Waals surface area contributed by atoms with Crippen LogP contribution in [0.1, 0.15) is 30.5 Å². The van der Waals surface area contributed by atoms with Gasteiger partial charge in [-0.25, -0.2) is 18.7 Å². The largest absolute Gasteiger partial charge is 0.399 e. The number of aryl methyl sites for hydroxylation is 1. The Balaban J connectivity index is 1.99. The molecule has 1 aromatic heterocycles. The van der Waals surface area contributed by atoms with E-state index in [1.807, 2.05) is 0 Å². The fourth-order valence-corrected chi connectivity index (χ4v) is 3.48. The normalized spacial score (nSPS) is 14.6. The van der Waals surface area contributed by atoms with Crippen LogP contribution in [-0.2, 0) is 12.8 Å². The first-order chi connectivity index (χ1) is 10.1. The van der Waals surface area contributed by atoms with Gasteiger partial charge in [-0.2, -0.15) is 0 Å². The lowest BCUT2D eigenvalue weighted by Crippen LogP contribution is -2.01. The molecule has 3 nitrogen and oxygen atoms in total. The van der Waals surface area contributed by atoms with Gasteiger partial charge in [0, 0.05) is 16.9 Å². The first-order valence-electron chi connectivity index (χ1n) is 6.90. The highest BCUT2D eigenvalue weighted by atomic mass is 32.2. The Labute approximate surface area is 126 Å². The van der Waals surface area contributed by atoms with Crippen molar-refractivity contribution < 1.29 is 8.78 Å². The SMILES string of the molecule is Nc1cc(F)c(Sc2ncnc3c2CCCCC3)c(F)c1. The van der Waals surface area contributed by atoms with Gasteiger partial charge in [0.2, 0.25) is 0 Å². The molecular weight excluding hydrogens is 292 g/mol. The molecule has 1 aliphatic rings. The third-order valence-electron chi connectivity index (χ3n) is 3.55. The van der Waals surface area contributed by atoms with Crippen LogP contribution >= 0.6 is 11.8 Å². The molecule has 0 amide bonds. The van der Waals surface area contributed by atoms with Gasteiger partial charge in [0.25, 0.3) is 0 Å². The number of aromatic nitrogens is 2. The standard InChI is InChI=1S/C15H15F2N3S/c16-11-6-9(18)7-12(17)14(11)21-15-10-4-2-1-3-5-13(10)19-8-20-15/h6-8H,1-5,18H2. The van der Waals surface area contributed by atoms with Crippen LogP contribution in [0.3, 0.4) is 0 Å². The summed E-state index contributed by atoms with van der Waals surface area (Å²) in [4.78, 5) is 8.47. The molecule has 0 atom stereocenters. The van der Waals surface area contributed by atoms with Crippen LogP contribution in [0.25, 0.3) is 0 Å². The molecule has 0 fully saturated rings. The van der Waals surface area contributed by atoms with E-state index >= 15 is 0 Å². The minimum absolute atomic E-state index is 0.0608. The number of rotatable bonds is 2. The van der Waals surface area contributed by atoms with Crippen molar-refractivity contribution in [1.82, 2.24) is 9.97 Å². The van der Waals surface area contributed by atoms with Gasteiger partial charge in [0.05, 0.1) is 4.90 Å². The maximum absolute atomic E-state index is 13.9. The van der Waals surface area contributed by atoms with Gasteiger partial charge in [-0.05, 0) is 37.8 Å². The Bertz CT molecular complexity index is 653. The van der Waals surface area contributed by atoms with Crippen LogP contribution < -0.4 is 5.73 Å². The quantitative estimate of drug-likeness (QED) is 0.521. The van der Waals surface area contributed by atoms with E-state index in [9.17, 15) is 8.78 Å². The van der Waals surface area contributed by atoms with Gasteiger partial charge in [0.15, 0.2) is 0 Å². The number of nitrogens with zero attached hydrogens (tertiary/aromatic N) is 2. The molecule has 2 aromatic rings. The van der Waals surface area contributed by atoms with Gasteiger partial charge in [-0.1, -0.05) is 18.2 Å². The number of hydrogen-bond acceptors (Lipinski definition) is 4. The number of nitrogens with two attached hydrogens (primary N) is 1. The molecule has 2 N–H and O–H groups in total. The topological polar surface area (TPSA) is 51.8 Å². The molecule has 0 spiro atoms. The van der Waals surface area contributed by atoms with Crippen molar-refractivity contribution in [3.05, 3.63) is 41.4 Å². The molecule has 0 aliphatic heterocycles. The van der Waals surface area contributed by atoms with Gasteiger partial charge >= 0.3 is 0 Å². The van der Waals surface area contributed by atoms with Crippen molar-refractivity contribution >= 4 is 17.4 Å². The summed E-state index contributed by atoms with van der Waals surface area (Å²) in [5.41, 5.74) is 7.54. The molecule has 3 rings (SSSR count). The molecular formula is C15H15F2N3S. The number of nitrogen functional groups attached to an aromatic ring is 1. The molecule has 0 saturated carbocycles. The maximum Gasteiger partial charge on any atom is 0.142 e. The van der Waals surface area contributed by atoms with E-state index in [-0.39, 0.29) is 10.6 Å². The second kappa shape index (κ2) is 5.97. The van der Waals surface area contributed by atoms with Crippen LogP contribution in [0.4, 0.5) is 14.5 Å². The Morgan fingerprint density at radius 3 is 2.48 bits per heavy atom. The van der Waals surface area contributed by atoms with E-state index < -0.39 is 11.6 Å². The summed E-state index contributed by atoms with van der Waals surface area (Å²) in [5.74, 6) is -1.31. The zero-order chi connectivity index (χ0) is 14.8. The zero-order valence-corrected chi connectivity index (χ0v) is 12.2. The molecule has 6 heteroatoms. The molecule has 1 aromatic carbocycles. The highest BCUT2D eigenvalue weighted by Gasteiger charge is 2.18. The van der Waals surface area contributed by atoms with Crippen LogP contribution in [0.5, 0.6) is 0 Å². The van der Waals surface area contributed by atoms with Gasteiger partial charge in [0.1, 0.15) is 23.0 Å². The van der Waals surface area contributed by atoms with E-state index in [1.54, 1.807) is 0 Å². The fourth-order valence-electron chi connectivity index (χ4n) is 2.53. The van der Waals surface area contributed by atoms with E-state index in [2.05, 4.69) is 9.97 Å². The molecule has 0 radical (unpaired) electrons. The van der Waals surface area contributed by atoms with Crippen molar-refractivity contribution in [2.45, 2.75) is 42.0 Å². The summed E-state index contributed by atoms with van der Waals surface area (Å²) < 4.78 is 27.9. The first-order valence-corrected chi connectivity index (χ1v) is 7.72. The Morgan fingerprint density at radius 1 is 1.00 bits per heavy atom. The van der Waals surface area contributed by atoms with E-state index in [0.29, 0.717) is 5.03 Å². The van der Waals surface area contributed by atoms with Gasteiger partial charge in [-0.15, -0.1) is 0 Å². The number of fused-ring (bicyclic) bond motifs is 1. The summed E-state index contributed by atoms with van der Waals surface area (Å²) in [7, 11) is 0. The monoisotopic (exact) mass is 307 g/mol. The van der Waals surface area contributed by atoms with E-state index in [1.165, 1.54) is 6.33 Å². The smallest absolute Gasteiger partial charge is 0.142 e. The summed E-state index contributed by atoms with van der Waals surface area (Å²) in [6.07, 6.45) is 6.53. The molecule has 0 unspecified atom stereocenters. The summed E-state index contributed by atoms with van der Waals surface area (Å²) in [5, 5.41) is 0.643. The Morgan fingerprint density at radius 2 is 1.71 bits per heavy atom. The zero-order valence-electron chi connectivity index (χ0n) is 11.4. The maximum atomic E-state index is 13.9. The minimum Gasteiger partial charge on any atom is -0.399 e.